The number of anilines is 1. The summed E-state index contributed by atoms with van der Waals surface area (Å²) in [7, 11) is 1.70. The van der Waals surface area contributed by atoms with Gasteiger partial charge in [-0.1, -0.05) is 24.9 Å². The first-order chi connectivity index (χ1) is 7.26. The van der Waals surface area contributed by atoms with Crippen LogP contribution in [0.4, 0.5) is 5.69 Å². The quantitative estimate of drug-likeness (QED) is 0.814. The molecule has 1 N–H and O–H groups in total. The Kier molecular flexibility index (Phi) is 5.36. The molecule has 1 aromatic heterocycles. The maximum Gasteiger partial charge on any atom is 0.153 e. The Morgan fingerprint density at radius 3 is 3.00 bits per heavy atom. The van der Waals surface area contributed by atoms with E-state index in [1.54, 1.807) is 19.4 Å². The standard InChI is InChI=1S/C10H16ClN3O/c1-3-4-8(7-15-2)13-9-5-10(11)14-12-6-9/h5-6,8H,3-4,7H2,1-2H3,(H,13,14). The molecule has 1 unspecified atom stereocenters. The van der Waals surface area contributed by atoms with E-state index in [9.17, 15) is 0 Å². The minimum absolute atomic E-state index is 0.292. The molecule has 1 atom stereocenters. The van der Waals surface area contributed by atoms with E-state index in [-0.39, 0.29) is 0 Å². The van der Waals surface area contributed by atoms with E-state index in [0.717, 1.165) is 18.5 Å². The fourth-order valence-electron chi connectivity index (χ4n) is 1.40. The largest absolute Gasteiger partial charge is 0.383 e. The molecule has 1 aromatic rings. The number of hydrogen-bond donors (Lipinski definition) is 1. The number of ether oxygens (including phenoxy) is 1. The fraction of sp³-hybridized carbons (Fsp3) is 0.600. The van der Waals surface area contributed by atoms with E-state index < -0.39 is 0 Å². The molecule has 1 rings (SSSR count). The van der Waals surface area contributed by atoms with Crippen molar-refractivity contribution in [1.82, 2.24) is 10.2 Å². The summed E-state index contributed by atoms with van der Waals surface area (Å²) < 4.78 is 5.13. The van der Waals surface area contributed by atoms with Gasteiger partial charge in [-0.15, -0.1) is 5.10 Å². The van der Waals surface area contributed by atoms with E-state index in [1.807, 2.05) is 0 Å². The van der Waals surface area contributed by atoms with E-state index in [2.05, 4.69) is 22.4 Å². The molecule has 1 heterocycles. The van der Waals surface area contributed by atoms with Crippen molar-refractivity contribution in [2.24, 2.45) is 0 Å². The van der Waals surface area contributed by atoms with Gasteiger partial charge < -0.3 is 10.1 Å². The molecular formula is C10H16ClN3O. The Morgan fingerprint density at radius 2 is 2.40 bits per heavy atom. The third-order valence-corrected chi connectivity index (χ3v) is 2.19. The second-order valence-corrected chi connectivity index (χ2v) is 3.74. The zero-order valence-corrected chi connectivity index (χ0v) is 9.79. The molecule has 0 radical (unpaired) electrons. The Balaban J connectivity index is 2.56. The van der Waals surface area contributed by atoms with E-state index in [1.165, 1.54) is 0 Å². The Bertz CT molecular complexity index is 290. The lowest BCUT2D eigenvalue weighted by Crippen LogP contribution is -2.24. The van der Waals surface area contributed by atoms with Crippen molar-refractivity contribution in [3.63, 3.8) is 0 Å². The van der Waals surface area contributed by atoms with Crippen molar-refractivity contribution in [2.45, 2.75) is 25.8 Å². The van der Waals surface area contributed by atoms with Crippen LogP contribution in [0.15, 0.2) is 12.3 Å². The van der Waals surface area contributed by atoms with Gasteiger partial charge in [0.15, 0.2) is 5.15 Å². The number of nitrogens with zero attached hydrogens (tertiary/aromatic N) is 2. The molecule has 5 heteroatoms. The predicted molar refractivity (Wildman–Crippen MR) is 61.2 cm³/mol. The summed E-state index contributed by atoms with van der Waals surface area (Å²) in [6.45, 7) is 2.82. The first kappa shape index (κ1) is 12.2. The van der Waals surface area contributed by atoms with E-state index >= 15 is 0 Å². The smallest absolute Gasteiger partial charge is 0.153 e. The van der Waals surface area contributed by atoms with Gasteiger partial charge in [-0.2, -0.15) is 5.10 Å². The second-order valence-electron chi connectivity index (χ2n) is 3.35. The van der Waals surface area contributed by atoms with E-state index in [0.29, 0.717) is 17.8 Å². The normalized spacial score (nSPS) is 12.5. The Labute approximate surface area is 95.0 Å². The van der Waals surface area contributed by atoms with Crippen LogP contribution in [0.25, 0.3) is 0 Å². The zero-order valence-electron chi connectivity index (χ0n) is 9.03. The van der Waals surface area contributed by atoms with Crippen LogP contribution >= 0.6 is 11.6 Å². The molecule has 0 amide bonds. The van der Waals surface area contributed by atoms with Gasteiger partial charge in [0, 0.05) is 19.2 Å². The topological polar surface area (TPSA) is 47.0 Å². The first-order valence-electron chi connectivity index (χ1n) is 5.00. The maximum absolute atomic E-state index is 5.74. The molecule has 0 saturated heterocycles. The van der Waals surface area contributed by atoms with Crippen LogP contribution in [0.2, 0.25) is 5.15 Å². The van der Waals surface area contributed by atoms with Crippen LogP contribution in [0, 0.1) is 0 Å². The lowest BCUT2D eigenvalue weighted by molar-refractivity contribution is 0.182. The molecule has 84 valence electrons. The number of aromatic nitrogens is 2. The first-order valence-corrected chi connectivity index (χ1v) is 5.37. The molecule has 4 nitrogen and oxygen atoms in total. The summed E-state index contributed by atoms with van der Waals surface area (Å²) in [4.78, 5) is 0. The van der Waals surface area contributed by atoms with Gasteiger partial charge in [-0.05, 0) is 6.42 Å². The summed E-state index contributed by atoms with van der Waals surface area (Å²) in [5.74, 6) is 0. The number of rotatable bonds is 6. The van der Waals surface area contributed by atoms with Crippen molar-refractivity contribution in [3.05, 3.63) is 17.4 Å². The molecule has 0 fully saturated rings. The molecule has 0 aliphatic carbocycles. The second kappa shape index (κ2) is 6.58. The van der Waals surface area contributed by atoms with Crippen molar-refractivity contribution < 1.29 is 4.74 Å². The van der Waals surface area contributed by atoms with Gasteiger partial charge >= 0.3 is 0 Å². The summed E-state index contributed by atoms with van der Waals surface area (Å²) in [6, 6.07) is 2.05. The number of methoxy groups -OCH3 is 1. The summed E-state index contributed by atoms with van der Waals surface area (Å²) in [5, 5.41) is 11.2. The van der Waals surface area contributed by atoms with Crippen LogP contribution in [0.1, 0.15) is 19.8 Å². The van der Waals surface area contributed by atoms with Crippen LogP contribution in [-0.2, 0) is 4.74 Å². The highest BCUT2D eigenvalue weighted by Gasteiger charge is 2.07. The number of halogens is 1. The van der Waals surface area contributed by atoms with Crippen molar-refractivity contribution in [3.8, 4) is 0 Å². The van der Waals surface area contributed by atoms with Crippen LogP contribution in [0.3, 0.4) is 0 Å². The molecule has 0 aliphatic rings. The maximum atomic E-state index is 5.74. The Morgan fingerprint density at radius 1 is 1.60 bits per heavy atom. The monoisotopic (exact) mass is 229 g/mol. The summed E-state index contributed by atoms with van der Waals surface area (Å²) in [5.41, 5.74) is 0.880. The van der Waals surface area contributed by atoms with Gasteiger partial charge in [-0.25, -0.2) is 0 Å². The van der Waals surface area contributed by atoms with Gasteiger partial charge in [0.05, 0.1) is 18.5 Å². The van der Waals surface area contributed by atoms with Gasteiger partial charge in [-0.3, -0.25) is 0 Å². The number of nitrogens with one attached hydrogen (secondary N) is 1. The van der Waals surface area contributed by atoms with Gasteiger partial charge in [0.2, 0.25) is 0 Å². The average Bonchev–Trinajstić information content (AvgIpc) is 2.18. The average molecular weight is 230 g/mol. The van der Waals surface area contributed by atoms with Crippen LogP contribution < -0.4 is 5.32 Å². The molecule has 0 aromatic carbocycles. The minimum Gasteiger partial charge on any atom is -0.383 e. The molecular weight excluding hydrogens is 214 g/mol. The van der Waals surface area contributed by atoms with Crippen molar-refractivity contribution in [1.29, 1.82) is 0 Å². The third-order valence-electron chi connectivity index (χ3n) is 2.00. The SMILES string of the molecule is CCCC(COC)Nc1cnnc(Cl)c1. The molecule has 0 saturated carbocycles. The minimum atomic E-state index is 0.292. The predicted octanol–water partition coefficient (Wildman–Crippen LogP) is 2.36. The highest BCUT2D eigenvalue weighted by Crippen LogP contribution is 2.13. The molecule has 0 bridgehead atoms. The summed E-state index contributed by atoms with van der Waals surface area (Å²) in [6.07, 6.45) is 3.81. The highest BCUT2D eigenvalue weighted by molar-refractivity contribution is 6.29. The van der Waals surface area contributed by atoms with Crippen LogP contribution in [0.5, 0.6) is 0 Å². The van der Waals surface area contributed by atoms with E-state index in [4.69, 9.17) is 16.3 Å². The van der Waals surface area contributed by atoms with Crippen LogP contribution in [-0.4, -0.2) is 30.0 Å². The number of hydrogen-bond acceptors (Lipinski definition) is 4. The van der Waals surface area contributed by atoms with Crippen molar-refractivity contribution in [2.75, 3.05) is 19.0 Å². The fourth-order valence-corrected chi connectivity index (χ4v) is 1.56. The highest BCUT2D eigenvalue weighted by atomic mass is 35.5. The molecule has 0 aliphatic heterocycles. The lowest BCUT2D eigenvalue weighted by atomic mass is 10.2. The van der Waals surface area contributed by atoms with Crippen molar-refractivity contribution >= 4 is 17.3 Å². The third kappa shape index (κ3) is 4.44. The lowest BCUT2D eigenvalue weighted by Gasteiger charge is -2.17. The summed E-state index contributed by atoms with van der Waals surface area (Å²) >= 11 is 5.74. The Hall–Kier alpha value is -0.870. The molecule has 15 heavy (non-hydrogen) atoms. The van der Waals surface area contributed by atoms with Gasteiger partial charge in [0.25, 0.3) is 0 Å². The van der Waals surface area contributed by atoms with Gasteiger partial charge in [0.1, 0.15) is 0 Å². The zero-order chi connectivity index (χ0) is 11.1. The molecule has 0 spiro atoms.